The molecule has 0 saturated heterocycles. The molecular formula is C19H23ClN2O2S. The number of rotatable bonds is 2. The number of nitrogens with two attached hydrogens (primary N) is 1. The minimum atomic E-state index is -0.321. The van der Waals surface area contributed by atoms with Gasteiger partial charge in [-0.3, -0.25) is 4.79 Å². The molecule has 1 atom stereocenters. The highest BCUT2D eigenvalue weighted by Crippen LogP contribution is 2.40. The second-order valence-corrected chi connectivity index (χ2v) is 8.44. The molecule has 1 aliphatic carbocycles. The van der Waals surface area contributed by atoms with Gasteiger partial charge in [-0.25, -0.2) is 0 Å². The van der Waals surface area contributed by atoms with Crippen molar-refractivity contribution in [1.82, 2.24) is 5.32 Å². The molecule has 25 heavy (non-hydrogen) atoms. The lowest BCUT2D eigenvalue weighted by Crippen LogP contribution is -2.41. The molecule has 2 aliphatic rings. The number of carbonyl (C=O) groups excluding carboxylic acids is 1. The summed E-state index contributed by atoms with van der Waals surface area (Å²) in [4.78, 5) is 14.9. The van der Waals surface area contributed by atoms with Crippen LogP contribution in [0.15, 0.2) is 24.3 Å². The van der Waals surface area contributed by atoms with Crippen LogP contribution in [0.4, 0.5) is 5.69 Å². The van der Waals surface area contributed by atoms with E-state index >= 15 is 0 Å². The van der Waals surface area contributed by atoms with Crippen LogP contribution < -0.4 is 15.8 Å². The van der Waals surface area contributed by atoms with Crippen LogP contribution in [0.3, 0.4) is 0 Å². The minimum absolute atomic E-state index is 0. The Labute approximate surface area is 158 Å². The van der Waals surface area contributed by atoms with Crippen LogP contribution in [0.25, 0.3) is 0 Å². The first-order valence-electron chi connectivity index (χ1n) is 8.42. The fourth-order valence-corrected chi connectivity index (χ4v) is 4.83. The monoisotopic (exact) mass is 378 g/mol. The van der Waals surface area contributed by atoms with Gasteiger partial charge in [0, 0.05) is 22.5 Å². The number of thiophene rings is 1. The molecular weight excluding hydrogens is 356 g/mol. The van der Waals surface area contributed by atoms with E-state index in [1.165, 1.54) is 16.9 Å². The predicted octanol–water partition coefficient (Wildman–Crippen LogP) is 4.27. The molecule has 1 aliphatic heterocycles. The smallest absolute Gasteiger partial charge is 0.261 e. The molecule has 2 aromatic rings. The van der Waals surface area contributed by atoms with Crippen LogP contribution in [0.1, 0.15) is 58.4 Å². The van der Waals surface area contributed by atoms with Crippen LogP contribution in [0.5, 0.6) is 5.75 Å². The third kappa shape index (κ3) is 3.48. The highest BCUT2D eigenvalue weighted by Gasteiger charge is 2.35. The Bertz CT molecular complexity index is 794. The zero-order valence-electron chi connectivity index (χ0n) is 14.4. The molecule has 0 spiro atoms. The van der Waals surface area contributed by atoms with Gasteiger partial charge < -0.3 is 15.8 Å². The number of benzene rings is 1. The van der Waals surface area contributed by atoms with Crippen molar-refractivity contribution in [3.8, 4) is 5.75 Å². The highest BCUT2D eigenvalue weighted by atomic mass is 35.5. The quantitative estimate of drug-likeness (QED) is 0.767. The van der Waals surface area contributed by atoms with E-state index < -0.39 is 0 Å². The molecule has 4 rings (SSSR count). The van der Waals surface area contributed by atoms with Crippen LogP contribution in [0, 0.1) is 0 Å². The maximum atomic E-state index is 12.8. The summed E-state index contributed by atoms with van der Waals surface area (Å²) >= 11 is 1.64. The molecule has 1 aromatic carbocycles. The van der Waals surface area contributed by atoms with Gasteiger partial charge in [0.05, 0.1) is 10.9 Å². The number of fused-ring (bicyclic) bond motifs is 2. The summed E-state index contributed by atoms with van der Waals surface area (Å²) in [6.45, 7) is 4.09. The Hall–Kier alpha value is -1.72. The maximum Gasteiger partial charge on any atom is 0.261 e. The lowest BCUT2D eigenvalue weighted by atomic mass is 9.89. The van der Waals surface area contributed by atoms with Gasteiger partial charge in [0.25, 0.3) is 5.91 Å². The van der Waals surface area contributed by atoms with E-state index in [0.29, 0.717) is 5.69 Å². The van der Waals surface area contributed by atoms with E-state index in [4.69, 9.17) is 10.5 Å². The molecule has 1 amide bonds. The standard InChI is InChI=1S/C19H22N2O2S.ClH/c1-19(2)10-14(13-9-12(20)6-7-15(13)23-19)21-18(22)17-8-11-4-3-5-16(11)24-17;/h6-9,14H,3-5,10,20H2,1-2H3,(H,21,22);1H. The lowest BCUT2D eigenvalue weighted by molar-refractivity contribution is 0.0621. The zero-order chi connectivity index (χ0) is 16.9. The van der Waals surface area contributed by atoms with Gasteiger partial charge in [0.1, 0.15) is 11.4 Å². The van der Waals surface area contributed by atoms with Gasteiger partial charge in [0.2, 0.25) is 0 Å². The predicted molar refractivity (Wildman–Crippen MR) is 104 cm³/mol. The van der Waals surface area contributed by atoms with Crippen LogP contribution in [-0.2, 0) is 12.8 Å². The summed E-state index contributed by atoms with van der Waals surface area (Å²) < 4.78 is 6.04. The zero-order valence-corrected chi connectivity index (χ0v) is 16.1. The molecule has 6 heteroatoms. The summed E-state index contributed by atoms with van der Waals surface area (Å²) in [6.07, 6.45) is 4.14. The first-order chi connectivity index (χ1) is 11.4. The number of hydrogen-bond donors (Lipinski definition) is 2. The van der Waals surface area contributed by atoms with Gasteiger partial charge in [0.15, 0.2) is 0 Å². The number of anilines is 1. The van der Waals surface area contributed by atoms with Crippen molar-refractivity contribution in [2.45, 2.75) is 51.2 Å². The summed E-state index contributed by atoms with van der Waals surface area (Å²) in [5.41, 5.74) is 8.62. The molecule has 3 N–H and O–H groups in total. The number of ether oxygens (including phenoxy) is 1. The normalized spacial score (nSPS) is 20.0. The third-order valence-corrected chi connectivity index (χ3v) is 6.00. The Kier molecular flexibility index (Phi) is 4.73. The second-order valence-electron chi connectivity index (χ2n) is 7.30. The van der Waals surface area contributed by atoms with Gasteiger partial charge in [-0.05, 0) is 62.9 Å². The number of halogens is 1. The molecule has 0 radical (unpaired) electrons. The van der Waals surface area contributed by atoms with Gasteiger partial charge >= 0.3 is 0 Å². The number of amides is 1. The van der Waals surface area contributed by atoms with Crippen molar-refractivity contribution in [3.63, 3.8) is 0 Å². The third-order valence-electron chi connectivity index (χ3n) is 4.77. The minimum Gasteiger partial charge on any atom is -0.487 e. The van der Waals surface area contributed by atoms with E-state index in [-0.39, 0.29) is 30.0 Å². The molecule has 0 bridgehead atoms. The van der Waals surface area contributed by atoms with Crippen molar-refractivity contribution in [1.29, 1.82) is 0 Å². The van der Waals surface area contributed by atoms with E-state index in [2.05, 4.69) is 11.4 Å². The Morgan fingerprint density at radius 1 is 1.32 bits per heavy atom. The fourth-order valence-electron chi connectivity index (χ4n) is 3.67. The summed E-state index contributed by atoms with van der Waals surface area (Å²) in [5, 5.41) is 3.20. The first kappa shape index (κ1) is 18.1. The van der Waals surface area contributed by atoms with E-state index in [0.717, 1.165) is 35.5 Å². The van der Waals surface area contributed by atoms with Crippen molar-refractivity contribution < 1.29 is 9.53 Å². The SMILES string of the molecule is CC1(C)CC(NC(=O)c2cc3c(s2)CCC3)c2cc(N)ccc2O1.Cl. The maximum absolute atomic E-state index is 12.8. The average Bonchev–Trinajstić information content (AvgIpc) is 3.08. The fraction of sp³-hybridized carbons (Fsp3) is 0.421. The lowest BCUT2D eigenvalue weighted by Gasteiger charge is -2.38. The van der Waals surface area contributed by atoms with E-state index in [9.17, 15) is 4.79 Å². The van der Waals surface area contributed by atoms with Gasteiger partial charge in [-0.1, -0.05) is 0 Å². The molecule has 4 nitrogen and oxygen atoms in total. The Morgan fingerprint density at radius 3 is 2.88 bits per heavy atom. The molecule has 1 aromatic heterocycles. The number of aryl methyl sites for hydroxylation is 2. The number of hydrogen-bond acceptors (Lipinski definition) is 4. The number of nitrogen functional groups attached to an aromatic ring is 1. The van der Waals surface area contributed by atoms with Crippen molar-refractivity contribution in [2.24, 2.45) is 0 Å². The highest BCUT2D eigenvalue weighted by molar-refractivity contribution is 7.14. The van der Waals surface area contributed by atoms with Crippen molar-refractivity contribution in [3.05, 3.63) is 45.1 Å². The van der Waals surface area contributed by atoms with Crippen LogP contribution in [0.2, 0.25) is 0 Å². The second kappa shape index (κ2) is 6.54. The largest absolute Gasteiger partial charge is 0.487 e. The van der Waals surface area contributed by atoms with Crippen LogP contribution >= 0.6 is 23.7 Å². The van der Waals surface area contributed by atoms with E-state index in [1.54, 1.807) is 11.3 Å². The first-order valence-corrected chi connectivity index (χ1v) is 9.24. The van der Waals surface area contributed by atoms with Gasteiger partial charge in [-0.15, -0.1) is 23.7 Å². The average molecular weight is 379 g/mol. The van der Waals surface area contributed by atoms with Gasteiger partial charge in [-0.2, -0.15) is 0 Å². The molecule has 0 fully saturated rings. The molecule has 1 unspecified atom stereocenters. The Morgan fingerprint density at radius 2 is 2.12 bits per heavy atom. The summed E-state index contributed by atoms with van der Waals surface area (Å²) in [7, 11) is 0. The Balaban J connectivity index is 0.00000182. The number of carbonyl (C=O) groups is 1. The molecule has 0 saturated carbocycles. The topological polar surface area (TPSA) is 64.4 Å². The summed E-state index contributed by atoms with van der Waals surface area (Å²) in [6, 6.07) is 7.61. The van der Waals surface area contributed by atoms with Crippen molar-refractivity contribution in [2.75, 3.05) is 5.73 Å². The molecule has 2 heterocycles. The molecule has 134 valence electrons. The summed E-state index contributed by atoms with van der Waals surface area (Å²) in [5.74, 6) is 0.810. The number of nitrogens with one attached hydrogen (secondary N) is 1. The van der Waals surface area contributed by atoms with Crippen molar-refractivity contribution >= 4 is 35.3 Å². The van der Waals surface area contributed by atoms with Crippen LogP contribution in [-0.4, -0.2) is 11.5 Å². The van der Waals surface area contributed by atoms with E-state index in [1.807, 2.05) is 32.0 Å².